The number of aromatic carboxylic acids is 1. The van der Waals surface area contributed by atoms with E-state index in [1.807, 2.05) is 0 Å². The largest absolute Gasteiger partial charge is 0.476 e. The van der Waals surface area contributed by atoms with Gasteiger partial charge in [-0.3, -0.25) is 4.79 Å². The number of aromatic nitrogens is 1. The Labute approximate surface area is 101 Å². The standard InChI is InChI=1S/C9H7Cl2NO4/c1-16-6(13)2-4-5(10)3-12-8(7(4)11)9(14)15/h3H,2H2,1H3,(H,14,15). The van der Waals surface area contributed by atoms with Crippen LogP contribution in [0.1, 0.15) is 16.1 Å². The molecule has 7 heteroatoms. The van der Waals surface area contributed by atoms with Crippen molar-refractivity contribution in [2.75, 3.05) is 7.11 Å². The van der Waals surface area contributed by atoms with Crippen LogP contribution in [0.3, 0.4) is 0 Å². The molecule has 0 aromatic carbocycles. The predicted molar refractivity (Wildman–Crippen MR) is 56.9 cm³/mol. The van der Waals surface area contributed by atoms with Crippen molar-refractivity contribution in [1.82, 2.24) is 4.98 Å². The number of pyridine rings is 1. The smallest absolute Gasteiger partial charge is 0.356 e. The minimum Gasteiger partial charge on any atom is -0.476 e. The Morgan fingerprint density at radius 3 is 2.62 bits per heavy atom. The van der Waals surface area contributed by atoms with Crippen molar-refractivity contribution >= 4 is 35.1 Å². The minimum absolute atomic E-state index is 0.125. The molecule has 0 aliphatic rings. The van der Waals surface area contributed by atoms with Gasteiger partial charge in [0.15, 0.2) is 5.69 Å². The molecule has 0 unspecified atom stereocenters. The van der Waals surface area contributed by atoms with Gasteiger partial charge in [-0.2, -0.15) is 0 Å². The zero-order valence-electron chi connectivity index (χ0n) is 8.16. The fraction of sp³-hybridized carbons (Fsp3) is 0.222. The van der Waals surface area contributed by atoms with E-state index in [4.69, 9.17) is 28.3 Å². The molecule has 0 saturated heterocycles. The van der Waals surface area contributed by atoms with Crippen LogP contribution < -0.4 is 0 Å². The molecule has 16 heavy (non-hydrogen) atoms. The van der Waals surface area contributed by atoms with Crippen molar-refractivity contribution in [3.05, 3.63) is 27.5 Å². The Kier molecular flexibility index (Phi) is 4.09. The second kappa shape index (κ2) is 5.14. The van der Waals surface area contributed by atoms with Crippen molar-refractivity contribution in [2.24, 2.45) is 0 Å². The predicted octanol–water partition coefficient (Wildman–Crippen LogP) is 1.80. The summed E-state index contributed by atoms with van der Waals surface area (Å²) in [5, 5.41) is 8.74. The first-order chi connectivity index (χ1) is 7.47. The number of ether oxygens (including phenoxy) is 1. The number of carbonyl (C=O) groups is 2. The molecule has 1 rings (SSSR count). The number of carboxylic acids is 1. The third-order valence-electron chi connectivity index (χ3n) is 1.82. The van der Waals surface area contributed by atoms with Gasteiger partial charge >= 0.3 is 11.9 Å². The molecule has 0 amide bonds. The van der Waals surface area contributed by atoms with E-state index in [0.29, 0.717) is 0 Å². The molecular formula is C9H7Cl2NO4. The molecular weight excluding hydrogens is 257 g/mol. The van der Waals surface area contributed by atoms with Gasteiger partial charge in [-0.25, -0.2) is 9.78 Å². The number of rotatable bonds is 3. The number of esters is 1. The first-order valence-electron chi connectivity index (χ1n) is 4.10. The van der Waals surface area contributed by atoms with E-state index < -0.39 is 11.9 Å². The maximum absolute atomic E-state index is 11.1. The van der Waals surface area contributed by atoms with Gasteiger partial charge in [0.25, 0.3) is 0 Å². The highest BCUT2D eigenvalue weighted by Gasteiger charge is 2.19. The lowest BCUT2D eigenvalue weighted by Gasteiger charge is -2.07. The number of carboxylic acid groups (broad SMARTS) is 1. The van der Waals surface area contributed by atoms with Crippen molar-refractivity contribution < 1.29 is 19.4 Å². The van der Waals surface area contributed by atoms with Crippen molar-refractivity contribution in [3.8, 4) is 0 Å². The quantitative estimate of drug-likeness (QED) is 0.842. The molecule has 5 nitrogen and oxygen atoms in total. The molecule has 86 valence electrons. The first kappa shape index (κ1) is 12.7. The van der Waals surface area contributed by atoms with E-state index in [1.165, 1.54) is 7.11 Å². The Morgan fingerprint density at radius 1 is 1.50 bits per heavy atom. The zero-order chi connectivity index (χ0) is 12.3. The maximum Gasteiger partial charge on any atom is 0.356 e. The van der Waals surface area contributed by atoms with E-state index in [-0.39, 0.29) is 27.7 Å². The topological polar surface area (TPSA) is 76.5 Å². The van der Waals surface area contributed by atoms with Crippen LogP contribution in [0.2, 0.25) is 10.0 Å². The normalized spacial score (nSPS) is 9.94. The van der Waals surface area contributed by atoms with E-state index in [1.54, 1.807) is 0 Å². The van der Waals surface area contributed by atoms with Crippen LogP contribution >= 0.6 is 23.2 Å². The second-order valence-corrected chi connectivity index (χ2v) is 3.59. The molecule has 1 heterocycles. The van der Waals surface area contributed by atoms with Gasteiger partial charge in [-0.05, 0) is 0 Å². The van der Waals surface area contributed by atoms with E-state index >= 15 is 0 Å². The summed E-state index contributed by atoms with van der Waals surface area (Å²) >= 11 is 11.5. The van der Waals surface area contributed by atoms with Crippen LogP contribution in [0, 0.1) is 0 Å². The number of hydrogen-bond donors (Lipinski definition) is 1. The van der Waals surface area contributed by atoms with Crippen LogP contribution in [0.25, 0.3) is 0 Å². The molecule has 1 aromatic heterocycles. The lowest BCUT2D eigenvalue weighted by atomic mass is 10.1. The number of halogens is 2. The van der Waals surface area contributed by atoms with Gasteiger partial charge in [0.05, 0.1) is 23.6 Å². The molecule has 0 bridgehead atoms. The molecule has 0 atom stereocenters. The third kappa shape index (κ3) is 2.62. The Bertz CT molecular complexity index is 447. The van der Waals surface area contributed by atoms with Crippen molar-refractivity contribution in [3.63, 3.8) is 0 Å². The average molecular weight is 264 g/mol. The van der Waals surface area contributed by atoms with Crippen LogP contribution in [0.15, 0.2) is 6.20 Å². The Hall–Kier alpha value is -1.33. The maximum atomic E-state index is 11.1. The lowest BCUT2D eigenvalue weighted by Crippen LogP contribution is -2.09. The van der Waals surface area contributed by atoms with Gasteiger partial charge in [0, 0.05) is 11.8 Å². The summed E-state index contributed by atoms with van der Waals surface area (Å²) in [4.78, 5) is 25.3. The highest BCUT2D eigenvalue weighted by Crippen LogP contribution is 2.27. The molecule has 0 saturated carbocycles. The van der Waals surface area contributed by atoms with Gasteiger partial charge in [0.1, 0.15) is 0 Å². The highest BCUT2D eigenvalue weighted by atomic mass is 35.5. The van der Waals surface area contributed by atoms with Crippen LogP contribution in [0.5, 0.6) is 0 Å². The molecule has 0 radical (unpaired) electrons. The van der Waals surface area contributed by atoms with Crippen LogP contribution in [0.4, 0.5) is 0 Å². The fourth-order valence-corrected chi connectivity index (χ4v) is 1.59. The summed E-state index contributed by atoms with van der Waals surface area (Å²) in [6.07, 6.45) is 0.937. The zero-order valence-corrected chi connectivity index (χ0v) is 9.67. The molecule has 0 fully saturated rings. The summed E-state index contributed by atoms with van der Waals surface area (Å²) in [6.45, 7) is 0. The molecule has 0 aliphatic carbocycles. The summed E-state index contributed by atoms with van der Waals surface area (Å²) in [5.41, 5.74) is -0.146. The summed E-state index contributed by atoms with van der Waals surface area (Å²) < 4.78 is 4.44. The van der Waals surface area contributed by atoms with Crippen molar-refractivity contribution in [2.45, 2.75) is 6.42 Å². The third-order valence-corrected chi connectivity index (χ3v) is 2.55. The Balaban J connectivity index is 3.21. The molecule has 0 spiro atoms. The monoisotopic (exact) mass is 263 g/mol. The van der Waals surface area contributed by atoms with Gasteiger partial charge in [-0.1, -0.05) is 23.2 Å². The SMILES string of the molecule is COC(=O)Cc1c(Cl)cnc(C(=O)O)c1Cl. The van der Waals surface area contributed by atoms with E-state index in [0.717, 1.165) is 6.20 Å². The lowest BCUT2D eigenvalue weighted by molar-refractivity contribution is -0.139. The Morgan fingerprint density at radius 2 is 2.12 bits per heavy atom. The summed E-state index contributed by atoms with van der Waals surface area (Å²) in [7, 11) is 1.21. The molecule has 0 aliphatic heterocycles. The average Bonchev–Trinajstić information content (AvgIpc) is 2.23. The van der Waals surface area contributed by atoms with Crippen LogP contribution in [-0.4, -0.2) is 29.1 Å². The van der Waals surface area contributed by atoms with Gasteiger partial charge in [-0.15, -0.1) is 0 Å². The second-order valence-electron chi connectivity index (χ2n) is 2.81. The highest BCUT2D eigenvalue weighted by molar-refractivity contribution is 6.37. The summed E-state index contributed by atoms with van der Waals surface area (Å²) in [6, 6.07) is 0. The first-order valence-corrected chi connectivity index (χ1v) is 4.86. The van der Waals surface area contributed by atoms with Gasteiger partial charge in [0.2, 0.25) is 0 Å². The fourth-order valence-electron chi connectivity index (χ4n) is 1.03. The molecule has 1 aromatic rings. The number of hydrogen-bond acceptors (Lipinski definition) is 4. The van der Waals surface area contributed by atoms with Crippen molar-refractivity contribution in [1.29, 1.82) is 0 Å². The van der Waals surface area contributed by atoms with E-state index in [2.05, 4.69) is 9.72 Å². The number of methoxy groups -OCH3 is 1. The molecule has 1 N–H and O–H groups in total. The minimum atomic E-state index is -1.28. The summed E-state index contributed by atoms with van der Waals surface area (Å²) in [5.74, 6) is -1.85. The van der Waals surface area contributed by atoms with Crippen LogP contribution in [-0.2, 0) is 16.0 Å². The van der Waals surface area contributed by atoms with Gasteiger partial charge < -0.3 is 9.84 Å². The number of nitrogens with zero attached hydrogens (tertiary/aromatic N) is 1. The number of carbonyl (C=O) groups excluding carboxylic acids is 1. The van der Waals surface area contributed by atoms with E-state index in [9.17, 15) is 9.59 Å².